The second-order valence-electron chi connectivity index (χ2n) is 5.44. The molecule has 0 radical (unpaired) electrons. The molecule has 21 heavy (non-hydrogen) atoms. The topological polar surface area (TPSA) is 58.6 Å². The molecule has 116 valence electrons. The number of aliphatic carboxylic acids is 1. The Hall–Kier alpha value is -1.20. The van der Waals surface area contributed by atoms with Crippen LogP contribution in [0.1, 0.15) is 26.2 Å². The molecule has 4 nitrogen and oxygen atoms in total. The molecule has 0 aliphatic heterocycles. The molecule has 1 aromatic carbocycles. The first-order valence-electron chi connectivity index (χ1n) is 7.37. The van der Waals surface area contributed by atoms with Crippen LogP contribution in [0.4, 0.5) is 0 Å². The van der Waals surface area contributed by atoms with Crippen LogP contribution >= 0.6 is 11.8 Å². The molecular weight excluding hydrogens is 286 g/mol. The average Bonchev–Trinajstić information content (AvgIpc) is 3.33. The van der Waals surface area contributed by atoms with E-state index in [1.165, 1.54) is 0 Å². The number of carboxylic acid groups (broad SMARTS) is 1. The highest BCUT2D eigenvalue weighted by molar-refractivity contribution is 7.99. The molecular formula is C16H23NO3S. The van der Waals surface area contributed by atoms with Crippen LogP contribution < -0.4 is 10.1 Å². The van der Waals surface area contributed by atoms with E-state index in [2.05, 4.69) is 12.2 Å². The highest BCUT2D eigenvalue weighted by atomic mass is 32.2. The number of hydrogen-bond donors (Lipinski definition) is 2. The van der Waals surface area contributed by atoms with Crippen LogP contribution in [0.3, 0.4) is 0 Å². The van der Waals surface area contributed by atoms with Gasteiger partial charge in [0.15, 0.2) is 0 Å². The van der Waals surface area contributed by atoms with E-state index in [4.69, 9.17) is 4.74 Å². The Bertz CT molecular complexity index is 473. The first kappa shape index (κ1) is 16.2. The lowest BCUT2D eigenvalue weighted by atomic mass is 9.95. The van der Waals surface area contributed by atoms with Crippen molar-refractivity contribution in [1.82, 2.24) is 5.32 Å². The number of rotatable bonds is 9. The number of methoxy groups -OCH3 is 1. The molecule has 1 aliphatic rings. The number of ether oxygens (including phenoxy) is 1. The fourth-order valence-corrected chi connectivity index (χ4v) is 3.60. The van der Waals surface area contributed by atoms with Gasteiger partial charge in [-0.3, -0.25) is 4.79 Å². The second kappa shape index (κ2) is 7.18. The van der Waals surface area contributed by atoms with Gasteiger partial charge < -0.3 is 15.2 Å². The van der Waals surface area contributed by atoms with Gasteiger partial charge in [-0.05, 0) is 56.0 Å². The van der Waals surface area contributed by atoms with Gasteiger partial charge >= 0.3 is 5.97 Å². The SMILES string of the molecule is CCCNC(CSc1ccc(OC)cc1)(C(=O)O)C1CC1. The number of hydrogen-bond acceptors (Lipinski definition) is 4. The second-order valence-corrected chi connectivity index (χ2v) is 6.49. The van der Waals surface area contributed by atoms with E-state index in [1.807, 2.05) is 24.3 Å². The molecule has 0 saturated heterocycles. The fourth-order valence-electron chi connectivity index (χ4n) is 2.42. The van der Waals surface area contributed by atoms with E-state index in [0.717, 1.165) is 36.5 Å². The fraction of sp³-hybridized carbons (Fsp3) is 0.562. The Morgan fingerprint density at radius 1 is 1.43 bits per heavy atom. The third-order valence-corrected chi connectivity index (χ3v) is 5.08. The van der Waals surface area contributed by atoms with Crippen molar-refractivity contribution in [3.05, 3.63) is 24.3 Å². The van der Waals surface area contributed by atoms with Crippen molar-refractivity contribution >= 4 is 17.7 Å². The van der Waals surface area contributed by atoms with E-state index >= 15 is 0 Å². The van der Waals surface area contributed by atoms with Crippen molar-refractivity contribution < 1.29 is 14.6 Å². The lowest BCUT2D eigenvalue weighted by Crippen LogP contribution is -2.56. The molecule has 0 spiro atoms. The lowest BCUT2D eigenvalue weighted by Gasteiger charge is -2.30. The maximum atomic E-state index is 11.8. The van der Waals surface area contributed by atoms with Gasteiger partial charge in [-0.25, -0.2) is 0 Å². The summed E-state index contributed by atoms with van der Waals surface area (Å²) in [6.07, 6.45) is 2.95. The predicted octanol–water partition coefficient (Wildman–Crippen LogP) is 3.02. The monoisotopic (exact) mass is 309 g/mol. The molecule has 1 atom stereocenters. The molecule has 1 saturated carbocycles. The number of benzene rings is 1. The molecule has 2 N–H and O–H groups in total. The molecule has 1 aliphatic carbocycles. The number of carbonyl (C=O) groups is 1. The Kier molecular flexibility index (Phi) is 5.53. The van der Waals surface area contributed by atoms with Gasteiger partial charge in [0.05, 0.1) is 7.11 Å². The van der Waals surface area contributed by atoms with Crippen LogP contribution in [0, 0.1) is 5.92 Å². The third kappa shape index (κ3) is 3.92. The van der Waals surface area contributed by atoms with Gasteiger partial charge in [0.1, 0.15) is 11.3 Å². The van der Waals surface area contributed by atoms with Crippen LogP contribution in [0.25, 0.3) is 0 Å². The van der Waals surface area contributed by atoms with Gasteiger partial charge in [-0.15, -0.1) is 11.8 Å². The van der Waals surface area contributed by atoms with Crippen molar-refractivity contribution in [3.8, 4) is 5.75 Å². The third-order valence-electron chi connectivity index (χ3n) is 3.87. The summed E-state index contributed by atoms with van der Waals surface area (Å²) in [5.74, 6) is 0.904. The predicted molar refractivity (Wildman–Crippen MR) is 85.1 cm³/mol. The molecule has 0 aromatic heterocycles. The minimum absolute atomic E-state index is 0.257. The van der Waals surface area contributed by atoms with Crippen molar-refractivity contribution in [1.29, 1.82) is 0 Å². The molecule has 0 bridgehead atoms. The Labute approximate surface area is 130 Å². The van der Waals surface area contributed by atoms with Gasteiger partial charge in [-0.2, -0.15) is 0 Å². The summed E-state index contributed by atoms with van der Waals surface area (Å²) < 4.78 is 5.14. The molecule has 0 amide bonds. The Morgan fingerprint density at radius 3 is 2.57 bits per heavy atom. The van der Waals surface area contributed by atoms with E-state index in [-0.39, 0.29) is 5.92 Å². The molecule has 1 unspecified atom stereocenters. The van der Waals surface area contributed by atoms with Crippen LogP contribution in [-0.2, 0) is 4.79 Å². The van der Waals surface area contributed by atoms with E-state index < -0.39 is 11.5 Å². The quantitative estimate of drug-likeness (QED) is 0.687. The van der Waals surface area contributed by atoms with Crippen molar-refractivity contribution in [3.63, 3.8) is 0 Å². The number of carboxylic acids is 1. The first-order chi connectivity index (χ1) is 10.1. The number of thioether (sulfide) groups is 1. The highest BCUT2D eigenvalue weighted by Gasteiger charge is 2.50. The van der Waals surface area contributed by atoms with Crippen LogP contribution in [0.15, 0.2) is 29.2 Å². The van der Waals surface area contributed by atoms with Gasteiger partial charge in [0, 0.05) is 10.6 Å². The van der Waals surface area contributed by atoms with Gasteiger partial charge in [0.25, 0.3) is 0 Å². The minimum atomic E-state index is -0.791. The molecule has 2 rings (SSSR count). The zero-order valence-corrected chi connectivity index (χ0v) is 13.4. The largest absolute Gasteiger partial charge is 0.497 e. The smallest absolute Gasteiger partial charge is 0.325 e. The Balaban J connectivity index is 2.05. The molecule has 1 aromatic rings. The normalized spacial score (nSPS) is 17.2. The lowest BCUT2D eigenvalue weighted by molar-refractivity contribution is -0.144. The molecule has 5 heteroatoms. The van der Waals surface area contributed by atoms with Crippen molar-refractivity contribution in [2.45, 2.75) is 36.6 Å². The minimum Gasteiger partial charge on any atom is -0.497 e. The van der Waals surface area contributed by atoms with Crippen molar-refractivity contribution in [2.75, 3.05) is 19.4 Å². The molecule has 0 heterocycles. The van der Waals surface area contributed by atoms with Gasteiger partial charge in [0.2, 0.25) is 0 Å². The summed E-state index contributed by atoms with van der Waals surface area (Å²) >= 11 is 1.59. The van der Waals surface area contributed by atoms with E-state index in [9.17, 15) is 9.90 Å². The highest BCUT2D eigenvalue weighted by Crippen LogP contribution is 2.42. The summed E-state index contributed by atoms with van der Waals surface area (Å²) in [5, 5.41) is 13.0. The van der Waals surface area contributed by atoms with Crippen molar-refractivity contribution in [2.24, 2.45) is 5.92 Å². The summed E-state index contributed by atoms with van der Waals surface area (Å²) in [7, 11) is 1.64. The number of nitrogens with one attached hydrogen (secondary N) is 1. The summed E-state index contributed by atoms with van der Waals surface area (Å²) in [4.78, 5) is 12.9. The Morgan fingerprint density at radius 2 is 2.10 bits per heavy atom. The zero-order valence-electron chi connectivity index (χ0n) is 12.6. The standard InChI is InChI=1S/C16H23NO3S/c1-3-10-17-16(15(18)19,12-4-5-12)11-21-14-8-6-13(20-2)7-9-14/h6-9,12,17H,3-5,10-11H2,1-2H3,(H,18,19). The van der Waals surface area contributed by atoms with Crippen LogP contribution in [0.2, 0.25) is 0 Å². The maximum Gasteiger partial charge on any atom is 0.325 e. The van der Waals surface area contributed by atoms with Crippen LogP contribution in [0.5, 0.6) is 5.75 Å². The van der Waals surface area contributed by atoms with Crippen LogP contribution in [-0.4, -0.2) is 36.0 Å². The van der Waals surface area contributed by atoms with E-state index in [0.29, 0.717) is 5.75 Å². The summed E-state index contributed by atoms with van der Waals surface area (Å²) in [5.41, 5.74) is -0.791. The zero-order chi connectivity index (χ0) is 15.3. The van der Waals surface area contributed by atoms with Gasteiger partial charge in [-0.1, -0.05) is 6.92 Å². The molecule has 1 fully saturated rings. The summed E-state index contributed by atoms with van der Waals surface area (Å²) in [6.45, 7) is 2.80. The average molecular weight is 309 g/mol. The summed E-state index contributed by atoms with van der Waals surface area (Å²) in [6, 6.07) is 7.76. The first-order valence-corrected chi connectivity index (χ1v) is 8.36. The maximum absolute atomic E-state index is 11.8. The van der Waals surface area contributed by atoms with E-state index in [1.54, 1.807) is 18.9 Å².